The number of nitrogens with one attached hydrogen (secondary N) is 1. The molecule has 0 aromatic heterocycles. The van der Waals surface area contributed by atoms with Gasteiger partial charge in [-0.2, -0.15) is 5.26 Å². The third-order valence-corrected chi connectivity index (χ3v) is 4.24. The summed E-state index contributed by atoms with van der Waals surface area (Å²) in [6, 6.07) is 5.68. The Hall–Kier alpha value is -1.29. The molecule has 6 heteroatoms. The summed E-state index contributed by atoms with van der Waals surface area (Å²) in [5.74, 6) is 1.39. The first-order chi connectivity index (χ1) is 10.3. The largest absolute Gasteiger partial charge is 0.486 e. The van der Waals surface area contributed by atoms with Crippen LogP contribution in [0.4, 0.5) is 0 Å². The van der Waals surface area contributed by atoms with E-state index in [1.54, 1.807) is 0 Å². The van der Waals surface area contributed by atoms with Crippen LogP contribution in [0.25, 0.3) is 0 Å². The van der Waals surface area contributed by atoms with E-state index in [0.29, 0.717) is 31.3 Å². The molecule has 5 nitrogen and oxygen atoms in total. The molecule has 2 heterocycles. The number of fused-ring (bicyclic) bond motifs is 1. The number of hydrogen-bond donors (Lipinski definition) is 1. The molecule has 0 saturated carbocycles. The van der Waals surface area contributed by atoms with Crippen molar-refractivity contribution < 1.29 is 14.2 Å². The SMILES string of the molecule is N#CC(NCC1CCCO1)c1cc(Br)c2c(c1)OCCO2. The molecule has 2 unspecified atom stereocenters. The maximum Gasteiger partial charge on any atom is 0.175 e. The third-order valence-electron chi connectivity index (χ3n) is 3.66. The molecule has 0 spiro atoms. The van der Waals surface area contributed by atoms with Gasteiger partial charge in [0.25, 0.3) is 0 Å². The zero-order valence-electron chi connectivity index (χ0n) is 11.6. The number of rotatable bonds is 4. The number of hydrogen-bond acceptors (Lipinski definition) is 5. The van der Waals surface area contributed by atoms with E-state index >= 15 is 0 Å². The number of benzene rings is 1. The average molecular weight is 353 g/mol. The van der Waals surface area contributed by atoms with E-state index in [-0.39, 0.29) is 12.1 Å². The lowest BCUT2D eigenvalue weighted by molar-refractivity contribution is 0.109. The summed E-state index contributed by atoms with van der Waals surface area (Å²) >= 11 is 3.48. The fourth-order valence-electron chi connectivity index (χ4n) is 2.59. The van der Waals surface area contributed by atoms with Crippen molar-refractivity contribution in [3.63, 3.8) is 0 Å². The molecule has 3 rings (SSSR count). The van der Waals surface area contributed by atoms with Crippen molar-refractivity contribution in [3.8, 4) is 17.6 Å². The van der Waals surface area contributed by atoms with Gasteiger partial charge >= 0.3 is 0 Å². The Morgan fingerprint density at radius 3 is 2.95 bits per heavy atom. The smallest absolute Gasteiger partial charge is 0.175 e. The molecule has 1 aromatic rings. The molecule has 2 aliphatic heterocycles. The predicted molar refractivity (Wildman–Crippen MR) is 80.5 cm³/mol. The van der Waals surface area contributed by atoms with Crippen LogP contribution in [-0.2, 0) is 4.74 Å². The molecule has 2 atom stereocenters. The van der Waals surface area contributed by atoms with Gasteiger partial charge in [0.2, 0.25) is 0 Å². The highest BCUT2D eigenvalue weighted by molar-refractivity contribution is 9.10. The van der Waals surface area contributed by atoms with Crippen LogP contribution in [0.1, 0.15) is 24.4 Å². The molecule has 21 heavy (non-hydrogen) atoms. The molecule has 112 valence electrons. The zero-order chi connectivity index (χ0) is 14.7. The van der Waals surface area contributed by atoms with Crippen LogP contribution in [0.5, 0.6) is 11.5 Å². The van der Waals surface area contributed by atoms with Gasteiger partial charge in [-0.1, -0.05) is 0 Å². The molecular weight excluding hydrogens is 336 g/mol. The second-order valence-corrected chi connectivity index (χ2v) is 5.99. The van der Waals surface area contributed by atoms with Crippen molar-refractivity contribution >= 4 is 15.9 Å². The summed E-state index contributed by atoms with van der Waals surface area (Å²) in [5, 5.41) is 12.7. The van der Waals surface area contributed by atoms with Crippen LogP contribution in [0.2, 0.25) is 0 Å². The summed E-state index contributed by atoms with van der Waals surface area (Å²) in [6.45, 7) is 2.58. The molecule has 1 N–H and O–H groups in total. The highest BCUT2D eigenvalue weighted by atomic mass is 79.9. The Morgan fingerprint density at radius 1 is 1.33 bits per heavy atom. The van der Waals surface area contributed by atoms with Crippen LogP contribution < -0.4 is 14.8 Å². The predicted octanol–water partition coefficient (Wildman–Crippen LogP) is 2.55. The second-order valence-electron chi connectivity index (χ2n) is 5.13. The van der Waals surface area contributed by atoms with Gasteiger partial charge in [-0.3, -0.25) is 5.32 Å². The van der Waals surface area contributed by atoms with E-state index in [2.05, 4.69) is 27.3 Å². The maximum atomic E-state index is 9.41. The van der Waals surface area contributed by atoms with Crippen LogP contribution >= 0.6 is 15.9 Å². The Labute approximate surface area is 132 Å². The van der Waals surface area contributed by atoms with E-state index in [1.165, 1.54) is 0 Å². The molecule has 0 bridgehead atoms. The van der Waals surface area contributed by atoms with Gasteiger partial charge in [0, 0.05) is 13.2 Å². The third kappa shape index (κ3) is 3.31. The molecule has 0 radical (unpaired) electrons. The van der Waals surface area contributed by atoms with Crippen molar-refractivity contribution in [2.45, 2.75) is 25.0 Å². The first kappa shape index (κ1) is 14.6. The zero-order valence-corrected chi connectivity index (χ0v) is 13.2. The lowest BCUT2D eigenvalue weighted by atomic mass is 10.1. The first-order valence-electron chi connectivity index (χ1n) is 7.11. The van der Waals surface area contributed by atoms with Crippen molar-refractivity contribution in [3.05, 3.63) is 22.2 Å². The van der Waals surface area contributed by atoms with Crippen molar-refractivity contribution in [2.24, 2.45) is 0 Å². The quantitative estimate of drug-likeness (QED) is 0.901. The Balaban J connectivity index is 1.74. The topological polar surface area (TPSA) is 63.5 Å². The van der Waals surface area contributed by atoms with Crippen molar-refractivity contribution in [1.82, 2.24) is 5.32 Å². The van der Waals surface area contributed by atoms with E-state index in [9.17, 15) is 5.26 Å². The number of ether oxygens (including phenoxy) is 3. The maximum absolute atomic E-state index is 9.41. The van der Waals surface area contributed by atoms with Gasteiger partial charge < -0.3 is 14.2 Å². The van der Waals surface area contributed by atoms with Gasteiger partial charge in [-0.15, -0.1) is 0 Å². The van der Waals surface area contributed by atoms with E-state index in [0.717, 1.165) is 29.5 Å². The van der Waals surface area contributed by atoms with Crippen molar-refractivity contribution in [1.29, 1.82) is 5.26 Å². The molecule has 1 aromatic carbocycles. The lowest BCUT2D eigenvalue weighted by Gasteiger charge is -2.22. The summed E-state index contributed by atoms with van der Waals surface area (Å²) in [5.41, 5.74) is 0.867. The van der Waals surface area contributed by atoms with Gasteiger partial charge in [0.05, 0.1) is 16.6 Å². The highest BCUT2D eigenvalue weighted by Crippen LogP contribution is 2.39. The summed E-state index contributed by atoms with van der Waals surface area (Å²) in [6.07, 6.45) is 2.36. The van der Waals surface area contributed by atoms with Crippen LogP contribution in [0.15, 0.2) is 16.6 Å². The minimum absolute atomic E-state index is 0.210. The number of nitriles is 1. The molecule has 1 fully saturated rings. The first-order valence-corrected chi connectivity index (χ1v) is 7.91. The minimum atomic E-state index is -0.388. The lowest BCUT2D eigenvalue weighted by Crippen LogP contribution is -2.29. The highest BCUT2D eigenvalue weighted by Gasteiger charge is 2.22. The summed E-state index contributed by atoms with van der Waals surface area (Å²) in [7, 11) is 0. The fraction of sp³-hybridized carbons (Fsp3) is 0.533. The Morgan fingerprint density at radius 2 is 2.19 bits per heavy atom. The van der Waals surface area contributed by atoms with Gasteiger partial charge in [0.15, 0.2) is 11.5 Å². The van der Waals surface area contributed by atoms with E-state index in [4.69, 9.17) is 14.2 Å². The Bertz CT molecular complexity index is 553. The summed E-state index contributed by atoms with van der Waals surface area (Å²) in [4.78, 5) is 0. The van der Waals surface area contributed by atoms with Gasteiger partial charge in [-0.05, 0) is 46.5 Å². The van der Waals surface area contributed by atoms with Crippen LogP contribution in [0, 0.1) is 11.3 Å². The molecular formula is C15H17BrN2O3. The average Bonchev–Trinajstić information content (AvgIpc) is 3.01. The molecule has 1 saturated heterocycles. The normalized spacial score (nSPS) is 21.8. The standard InChI is InChI=1S/C15H17BrN2O3/c16-12-6-10(7-14-15(12)21-5-4-20-14)13(8-17)18-9-11-2-1-3-19-11/h6-7,11,13,18H,1-5,9H2. The fourth-order valence-corrected chi connectivity index (χ4v) is 3.16. The van der Waals surface area contributed by atoms with Crippen LogP contribution in [0.3, 0.4) is 0 Å². The monoisotopic (exact) mass is 352 g/mol. The number of nitrogens with zero attached hydrogens (tertiary/aromatic N) is 1. The minimum Gasteiger partial charge on any atom is -0.486 e. The van der Waals surface area contributed by atoms with Crippen molar-refractivity contribution in [2.75, 3.05) is 26.4 Å². The molecule has 0 aliphatic carbocycles. The van der Waals surface area contributed by atoms with Gasteiger partial charge in [0.1, 0.15) is 19.3 Å². The van der Waals surface area contributed by atoms with Gasteiger partial charge in [-0.25, -0.2) is 0 Å². The molecule has 0 amide bonds. The second kappa shape index (κ2) is 6.65. The summed E-state index contributed by atoms with van der Waals surface area (Å²) < 4.78 is 17.6. The van der Waals surface area contributed by atoms with E-state index < -0.39 is 0 Å². The molecule has 2 aliphatic rings. The van der Waals surface area contributed by atoms with Crippen LogP contribution in [-0.4, -0.2) is 32.5 Å². The number of halogens is 1. The van der Waals surface area contributed by atoms with E-state index in [1.807, 2.05) is 12.1 Å². The Kier molecular flexibility index (Phi) is 4.63.